The highest BCUT2D eigenvalue weighted by Gasteiger charge is 2.18. The van der Waals surface area contributed by atoms with Gasteiger partial charge >= 0.3 is 11.9 Å². The van der Waals surface area contributed by atoms with Gasteiger partial charge < -0.3 is 20.5 Å². The SMILES string of the molecule is Nc1c(Br)cc(C(=O)OCCOC(=O)Cc2ccccc2Nc2c(Cl)cccc2Cl)cc1CN1CCCCC1. The summed E-state index contributed by atoms with van der Waals surface area (Å²) in [5, 5.41) is 4.13. The van der Waals surface area contributed by atoms with Crippen LogP contribution in [0.4, 0.5) is 17.1 Å². The van der Waals surface area contributed by atoms with E-state index in [1.54, 1.807) is 30.3 Å². The van der Waals surface area contributed by atoms with E-state index in [4.69, 9.17) is 38.4 Å². The summed E-state index contributed by atoms with van der Waals surface area (Å²) in [6.07, 6.45) is 3.59. The quantitative estimate of drug-likeness (QED) is 0.141. The highest BCUT2D eigenvalue weighted by molar-refractivity contribution is 9.10. The van der Waals surface area contributed by atoms with E-state index in [2.05, 4.69) is 26.1 Å². The maximum Gasteiger partial charge on any atom is 0.338 e. The molecule has 3 N–H and O–H groups in total. The molecule has 1 heterocycles. The molecule has 0 bridgehead atoms. The van der Waals surface area contributed by atoms with E-state index in [0.717, 1.165) is 18.7 Å². The van der Waals surface area contributed by atoms with Crippen LogP contribution in [0.5, 0.6) is 0 Å². The second-order valence-corrected chi connectivity index (χ2v) is 10.9. The topological polar surface area (TPSA) is 93.9 Å². The zero-order valence-electron chi connectivity index (χ0n) is 21.4. The molecule has 0 amide bonds. The van der Waals surface area contributed by atoms with Gasteiger partial charge in [-0.25, -0.2) is 4.79 Å². The van der Waals surface area contributed by atoms with Gasteiger partial charge in [0.1, 0.15) is 13.2 Å². The number of nitrogens with zero attached hydrogens (tertiary/aromatic N) is 1. The molecule has 1 saturated heterocycles. The molecule has 0 saturated carbocycles. The number of carbonyl (C=O) groups excluding carboxylic acids is 2. The van der Waals surface area contributed by atoms with Gasteiger partial charge in [-0.1, -0.05) is 53.9 Å². The molecule has 4 rings (SSSR count). The van der Waals surface area contributed by atoms with Crippen LogP contribution in [0.1, 0.15) is 40.7 Å². The Hall–Kier alpha value is -2.78. The first kappa shape index (κ1) is 29.2. The summed E-state index contributed by atoms with van der Waals surface area (Å²) >= 11 is 16.0. The molecule has 1 aliphatic rings. The molecule has 0 aromatic heterocycles. The summed E-state index contributed by atoms with van der Waals surface area (Å²) in [6, 6.07) is 16.0. The first-order chi connectivity index (χ1) is 18.8. The van der Waals surface area contributed by atoms with Gasteiger partial charge in [-0.15, -0.1) is 0 Å². The van der Waals surface area contributed by atoms with Crippen molar-refractivity contribution in [2.45, 2.75) is 32.2 Å². The minimum Gasteiger partial charge on any atom is -0.462 e. The largest absolute Gasteiger partial charge is 0.462 e. The molecular weight excluding hydrogens is 605 g/mol. The maximum absolute atomic E-state index is 12.7. The van der Waals surface area contributed by atoms with Gasteiger partial charge in [0.25, 0.3) is 0 Å². The van der Waals surface area contributed by atoms with Crippen LogP contribution < -0.4 is 11.1 Å². The summed E-state index contributed by atoms with van der Waals surface area (Å²) in [6.45, 7) is 2.59. The second kappa shape index (κ2) is 14.0. The first-order valence-electron chi connectivity index (χ1n) is 12.7. The highest BCUT2D eigenvalue weighted by Crippen LogP contribution is 2.34. The predicted octanol–water partition coefficient (Wildman–Crippen LogP) is 7.01. The number of para-hydroxylation sites is 2. The average molecular weight is 635 g/mol. The number of piperidine rings is 1. The number of anilines is 3. The Morgan fingerprint density at radius 3 is 2.36 bits per heavy atom. The molecule has 206 valence electrons. The van der Waals surface area contributed by atoms with Crippen LogP contribution in [0.15, 0.2) is 59.1 Å². The number of likely N-dealkylation sites (tertiary alicyclic amines) is 1. The normalized spacial score (nSPS) is 13.6. The molecular formula is C29H30BrCl2N3O4. The minimum atomic E-state index is -0.502. The third kappa shape index (κ3) is 8.11. The van der Waals surface area contributed by atoms with E-state index in [-0.39, 0.29) is 19.6 Å². The zero-order valence-corrected chi connectivity index (χ0v) is 24.4. The summed E-state index contributed by atoms with van der Waals surface area (Å²) in [7, 11) is 0. The molecule has 10 heteroatoms. The van der Waals surface area contributed by atoms with Gasteiger partial charge in [0, 0.05) is 16.7 Å². The first-order valence-corrected chi connectivity index (χ1v) is 14.3. The summed E-state index contributed by atoms with van der Waals surface area (Å²) in [4.78, 5) is 27.5. The van der Waals surface area contributed by atoms with Crippen molar-refractivity contribution in [3.05, 3.63) is 85.8 Å². The third-order valence-electron chi connectivity index (χ3n) is 6.45. The molecule has 0 aliphatic carbocycles. The highest BCUT2D eigenvalue weighted by atomic mass is 79.9. The van der Waals surface area contributed by atoms with Crippen LogP contribution in [0, 0.1) is 0 Å². The Labute approximate surface area is 246 Å². The van der Waals surface area contributed by atoms with E-state index in [9.17, 15) is 9.59 Å². The van der Waals surface area contributed by atoms with Crippen molar-refractivity contribution in [2.24, 2.45) is 0 Å². The fraction of sp³-hybridized carbons (Fsp3) is 0.310. The van der Waals surface area contributed by atoms with Gasteiger partial charge in [-0.2, -0.15) is 0 Å². The van der Waals surface area contributed by atoms with Gasteiger partial charge in [0.05, 0.1) is 33.4 Å². The number of hydrogen-bond donors (Lipinski definition) is 2. The van der Waals surface area contributed by atoms with Crippen LogP contribution in [0.3, 0.4) is 0 Å². The zero-order chi connectivity index (χ0) is 27.8. The van der Waals surface area contributed by atoms with Crippen LogP contribution in [-0.4, -0.2) is 43.1 Å². The molecule has 3 aromatic carbocycles. The predicted molar refractivity (Wildman–Crippen MR) is 159 cm³/mol. The molecule has 0 atom stereocenters. The van der Waals surface area contributed by atoms with Crippen molar-refractivity contribution >= 4 is 68.1 Å². The number of nitrogens with one attached hydrogen (secondary N) is 1. The number of ether oxygens (including phenoxy) is 2. The van der Waals surface area contributed by atoms with Gasteiger partial charge in [0.15, 0.2) is 0 Å². The summed E-state index contributed by atoms with van der Waals surface area (Å²) in [5.41, 5.74) is 10.1. The van der Waals surface area contributed by atoms with Crippen molar-refractivity contribution in [1.29, 1.82) is 0 Å². The average Bonchev–Trinajstić information content (AvgIpc) is 2.92. The van der Waals surface area contributed by atoms with E-state index < -0.39 is 11.9 Å². The Kier molecular flexibility index (Phi) is 10.5. The van der Waals surface area contributed by atoms with Gasteiger partial charge in [-0.3, -0.25) is 9.69 Å². The van der Waals surface area contributed by atoms with Crippen molar-refractivity contribution < 1.29 is 19.1 Å². The Morgan fingerprint density at radius 2 is 1.62 bits per heavy atom. The molecule has 7 nitrogen and oxygen atoms in total. The van der Waals surface area contributed by atoms with E-state index >= 15 is 0 Å². The molecule has 39 heavy (non-hydrogen) atoms. The van der Waals surface area contributed by atoms with Crippen molar-refractivity contribution in [1.82, 2.24) is 4.90 Å². The van der Waals surface area contributed by atoms with Crippen LogP contribution in [-0.2, 0) is 27.2 Å². The lowest BCUT2D eigenvalue weighted by Crippen LogP contribution is -2.29. The molecule has 1 fully saturated rings. The van der Waals surface area contributed by atoms with E-state index in [1.807, 2.05) is 24.3 Å². The van der Waals surface area contributed by atoms with Crippen LogP contribution >= 0.6 is 39.1 Å². The monoisotopic (exact) mass is 633 g/mol. The fourth-order valence-corrected chi connectivity index (χ4v) is 5.40. The van der Waals surface area contributed by atoms with Crippen LogP contribution in [0.2, 0.25) is 10.0 Å². The van der Waals surface area contributed by atoms with E-state index in [0.29, 0.717) is 49.3 Å². The number of benzene rings is 3. The lowest BCUT2D eigenvalue weighted by molar-refractivity contribution is -0.143. The summed E-state index contributed by atoms with van der Waals surface area (Å²) in [5.74, 6) is -0.956. The van der Waals surface area contributed by atoms with Gasteiger partial charge in [0.2, 0.25) is 0 Å². The molecule has 0 unspecified atom stereocenters. The maximum atomic E-state index is 12.7. The lowest BCUT2D eigenvalue weighted by Gasteiger charge is -2.27. The minimum absolute atomic E-state index is 0.0178. The Morgan fingerprint density at radius 1 is 0.923 bits per heavy atom. The number of nitrogen functional groups attached to an aromatic ring is 1. The molecule has 3 aromatic rings. The number of halogens is 3. The van der Waals surface area contributed by atoms with Crippen molar-refractivity contribution in [2.75, 3.05) is 37.4 Å². The number of carbonyl (C=O) groups is 2. The van der Waals surface area contributed by atoms with Crippen LogP contribution in [0.25, 0.3) is 0 Å². The van der Waals surface area contributed by atoms with Gasteiger partial charge in [-0.05, 0) is 83.3 Å². The standard InChI is InChI=1S/C29H30BrCl2N3O4/c30-22-16-20(15-21(27(22)33)18-35-11-4-1-5-12-35)29(37)39-14-13-38-26(36)17-19-7-2-3-10-25(19)34-28-23(31)8-6-9-24(28)32/h2-3,6-10,15-16,34H,1,4-5,11-14,17-18,33H2. The number of nitrogens with two attached hydrogens (primary N) is 1. The number of rotatable bonds is 10. The van der Waals surface area contributed by atoms with Crippen molar-refractivity contribution in [3.63, 3.8) is 0 Å². The Balaban J connectivity index is 1.28. The third-order valence-corrected chi connectivity index (χ3v) is 7.73. The van der Waals surface area contributed by atoms with Crippen molar-refractivity contribution in [3.8, 4) is 0 Å². The smallest absolute Gasteiger partial charge is 0.338 e. The lowest BCUT2D eigenvalue weighted by atomic mass is 10.1. The fourth-order valence-electron chi connectivity index (χ4n) is 4.41. The Bertz CT molecular complexity index is 1310. The molecule has 0 spiro atoms. The number of hydrogen-bond acceptors (Lipinski definition) is 7. The second-order valence-electron chi connectivity index (χ2n) is 9.28. The molecule has 1 aliphatic heterocycles. The summed E-state index contributed by atoms with van der Waals surface area (Å²) < 4.78 is 11.3. The van der Waals surface area contributed by atoms with E-state index in [1.165, 1.54) is 19.3 Å². The molecule has 0 radical (unpaired) electrons. The number of esters is 2.